The molecule has 1 aliphatic heterocycles. The third-order valence-corrected chi connectivity index (χ3v) is 3.66. The van der Waals surface area contributed by atoms with Crippen LogP contribution < -0.4 is 10.1 Å². The molecule has 1 saturated heterocycles. The molecule has 1 aromatic carbocycles. The van der Waals surface area contributed by atoms with Gasteiger partial charge in [0.25, 0.3) is 0 Å². The van der Waals surface area contributed by atoms with Crippen molar-refractivity contribution in [3.63, 3.8) is 0 Å². The number of nitrogens with zero attached hydrogens (tertiary/aromatic N) is 1. The van der Waals surface area contributed by atoms with E-state index in [-0.39, 0.29) is 0 Å². The van der Waals surface area contributed by atoms with Gasteiger partial charge in [-0.15, -0.1) is 0 Å². The molecule has 1 N–H and O–H groups in total. The summed E-state index contributed by atoms with van der Waals surface area (Å²) >= 11 is 1.80. The first kappa shape index (κ1) is 12.3. The van der Waals surface area contributed by atoms with Gasteiger partial charge in [-0.3, -0.25) is 4.99 Å². The highest BCUT2D eigenvalue weighted by Gasteiger charge is 2.12. The van der Waals surface area contributed by atoms with E-state index in [1.807, 2.05) is 18.2 Å². The van der Waals surface area contributed by atoms with Gasteiger partial charge in [0.05, 0.1) is 13.7 Å². The molecule has 0 amide bonds. The maximum atomic E-state index is 5.19. The minimum absolute atomic E-state index is 0.542. The summed E-state index contributed by atoms with van der Waals surface area (Å²) in [6, 6.07) is 8.59. The van der Waals surface area contributed by atoms with Gasteiger partial charge in [0, 0.05) is 11.8 Å². The first-order chi connectivity index (χ1) is 8.28. The second-order valence-electron chi connectivity index (χ2n) is 4.16. The summed E-state index contributed by atoms with van der Waals surface area (Å²) in [5.41, 5.74) is 1.18. The van der Waals surface area contributed by atoms with E-state index in [1.165, 1.54) is 12.0 Å². The van der Waals surface area contributed by atoms with Crippen LogP contribution in [0.25, 0.3) is 0 Å². The molecule has 0 spiro atoms. The zero-order chi connectivity index (χ0) is 12.1. The Hall–Kier alpha value is -1.16. The van der Waals surface area contributed by atoms with Crippen LogP contribution in [0.1, 0.15) is 18.9 Å². The van der Waals surface area contributed by atoms with Crippen molar-refractivity contribution in [1.29, 1.82) is 0 Å². The maximum absolute atomic E-state index is 5.19. The highest BCUT2D eigenvalue weighted by atomic mass is 32.2. The predicted molar refractivity (Wildman–Crippen MR) is 73.8 cm³/mol. The fourth-order valence-corrected chi connectivity index (χ4v) is 2.79. The highest BCUT2D eigenvalue weighted by molar-refractivity contribution is 8.13. The quantitative estimate of drug-likeness (QED) is 0.895. The Labute approximate surface area is 107 Å². The lowest BCUT2D eigenvalue weighted by Gasteiger charge is -2.21. The van der Waals surface area contributed by atoms with Crippen LogP contribution in [0.4, 0.5) is 0 Å². The average Bonchev–Trinajstić information content (AvgIpc) is 2.37. The number of nitrogens with one attached hydrogen (secondary N) is 1. The van der Waals surface area contributed by atoms with E-state index in [2.05, 4.69) is 23.3 Å². The Bertz CT molecular complexity index is 406. The summed E-state index contributed by atoms with van der Waals surface area (Å²) < 4.78 is 5.19. The second kappa shape index (κ2) is 5.96. The molecule has 0 bridgehead atoms. The molecule has 3 nitrogen and oxygen atoms in total. The summed E-state index contributed by atoms with van der Waals surface area (Å²) in [4.78, 5) is 4.59. The van der Waals surface area contributed by atoms with Crippen LogP contribution in [0.2, 0.25) is 0 Å². The maximum Gasteiger partial charge on any atom is 0.157 e. The van der Waals surface area contributed by atoms with Gasteiger partial charge in [-0.25, -0.2) is 0 Å². The standard InChI is InChI=1S/C13H18N2OS/c1-10-6-7-17-13(15-10)14-9-11-4-3-5-12(8-11)16-2/h3-5,8,10H,6-7,9H2,1-2H3,(H,14,15). The van der Waals surface area contributed by atoms with Crippen LogP contribution in [0.5, 0.6) is 5.75 Å². The van der Waals surface area contributed by atoms with Crippen molar-refractivity contribution in [3.05, 3.63) is 29.8 Å². The van der Waals surface area contributed by atoms with Crippen LogP contribution in [0, 0.1) is 0 Å². The largest absolute Gasteiger partial charge is 0.497 e. The number of rotatable bonds is 3. The van der Waals surface area contributed by atoms with E-state index in [0.29, 0.717) is 12.6 Å². The summed E-state index contributed by atoms with van der Waals surface area (Å²) in [6.07, 6.45) is 1.21. The number of ether oxygens (including phenoxy) is 1. The molecule has 4 heteroatoms. The fourth-order valence-electron chi connectivity index (χ4n) is 1.68. The molecular weight excluding hydrogens is 232 g/mol. The van der Waals surface area contributed by atoms with E-state index in [9.17, 15) is 0 Å². The van der Waals surface area contributed by atoms with Crippen molar-refractivity contribution < 1.29 is 4.74 Å². The zero-order valence-corrected chi connectivity index (χ0v) is 11.1. The first-order valence-electron chi connectivity index (χ1n) is 5.84. The highest BCUT2D eigenvalue weighted by Crippen LogP contribution is 2.16. The van der Waals surface area contributed by atoms with Crippen molar-refractivity contribution in [3.8, 4) is 5.75 Å². The lowest BCUT2D eigenvalue weighted by molar-refractivity contribution is 0.414. The van der Waals surface area contributed by atoms with E-state index in [4.69, 9.17) is 4.74 Å². The fraction of sp³-hybridized carbons (Fsp3) is 0.462. The van der Waals surface area contributed by atoms with Crippen LogP contribution in [-0.4, -0.2) is 24.1 Å². The van der Waals surface area contributed by atoms with E-state index in [1.54, 1.807) is 18.9 Å². The summed E-state index contributed by atoms with van der Waals surface area (Å²) in [5, 5.41) is 4.46. The normalized spacial score (nSPS) is 22.2. The average molecular weight is 250 g/mol. The third kappa shape index (κ3) is 3.66. The van der Waals surface area contributed by atoms with Gasteiger partial charge in [0.2, 0.25) is 0 Å². The Morgan fingerprint density at radius 3 is 3.18 bits per heavy atom. The van der Waals surface area contributed by atoms with Crippen molar-refractivity contribution >= 4 is 16.9 Å². The SMILES string of the molecule is COc1cccc(CN=C2NC(C)CCS2)c1. The third-order valence-electron chi connectivity index (χ3n) is 2.70. The molecule has 0 aliphatic carbocycles. The molecule has 1 unspecified atom stereocenters. The zero-order valence-electron chi connectivity index (χ0n) is 10.3. The minimum atomic E-state index is 0.542. The minimum Gasteiger partial charge on any atom is -0.497 e. The molecule has 1 aromatic rings. The molecule has 1 atom stereocenters. The van der Waals surface area contributed by atoms with Gasteiger partial charge in [-0.2, -0.15) is 0 Å². The molecule has 1 fully saturated rings. The van der Waals surface area contributed by atoms with Crippen LogP contribution in [0.15, 0.2) is 29.3 Å². The van der Waals surface area contributed by atoms with Crippen molar-refractivity contribution in [2.75, 3.05) is 12.9 Å². The number of amidine groups is 1. The summed E-state index contributed by atoms with van der Waals surface area (Å²) in [5.74, 6) is 2.05. The molecule has 0 aromatic heterocycles. The molecule has 1 heterocycles. The smallest absolute Gasteiger partial charge is 0.157 e. The first-order valence-corrected chi connectivity index (χ1v) is 6.83. The number of aliphatic imine (C=N–C) groups is 1. The molecule has 92 valence electrons. The number of benzene rings is 1. The monoisotopic (exact) mass is 250 g/mol. The lowest BCUT2D eigenvalue weighted by atomic mass is 10.2. The predicted octanol–water partition coefficient (Wildman–Crippen LogP) is 2.67. The molecule has 2 rings (SSSR count). The Morgan fingerprint density at radius 2 is 2.41 bits per heavy atom. The van der Waals surface area contributed by atoms with Crippen LogP contribution in [-0.2, 0) is 6.54 Å². The topological polar surface area (TPSA) is 33.6 Å². The number of hydrogen-bond donors (Lipinski definition) is 1. The molecular formula is C13H18N2OS. The molecule has 1 aliphatic rings. The van der Waals surface area contributed by atoms with Crippen molar-refractivity contribution in [2.45, 2.75) is 25.9 Å². The summed E-state index contributed by atoms with van der Waals surface area (Å²) in [7, 11) is 1.69. The van der Waals surface area contributed by atoms with Gasteiger partial charge in [-0.1, -0.05) is 23.9 Å². The Morgan fingerprint density at radius 1 is 1.53 bits per heavy atom. The van der Waals surface area contributed by atoms with Gasteiger partial charge < -0.3 is 10.1 Å². The Balaban J connectivity index is 1.98. The number of thioether (sulfide) groups is 1. The Kier molecular flexibility index (Phi) is 4.31. The summed E-state index contributed by atoms with van der Waals surface area (Å²) in [6.45, 7) is 2.90. The van der Waals surface area contributed by atoms with E-state index >= 15 is 0 Å². The van der Waals surface area contributed by atoms with Gasteiger partial charge in [0.15, 0.2) is 5.17 Å². The van der Waals surface area contributed by atoms with E-state index < -0.39 is 0 Å². The van der Waals surface area contributed by atoms with Gasteiger partial charge in [0.1, 0.15) is 5.75 Å². The van der Waals surface area contributed by atoms with Crippen LogP contribution in [0.3, 0.4) is 0 Å². The van der Waals surface area contributed by atoms with Gasteiger partial charge >= 0.3 is 0 Å². The van der Waals surface area contributed by atoms with Crippen LogP contribution >= 0.6 is 11.8 Å². The number of hydrogen-bond acceptors (Lipinski definition) is 3. The molecule has 17 heavy (non-hydrogen) atoms. The lowest BCUT2D eigenvalue weighted by Crippen LogP contribution is -2.35. The van der Waals surface area contributed by atoms with Crippen molar-refractivity contribution in [1.82, 2.24) is 5.32 Å². The van der Waals surface area contributed by atoms with E-state index in [0.717, 1.165) is 16.7 Å². The van der Waals surface area contributed by atoms with Gasteiger partial charge in [-0.05, 0) is 31.0 Å². The van der Waals surface area contributed by atoms with Crippen molar-refractivity contribution in [2.24, 2.45) is 4.99 Å². The number of methoxy groups -OCH3 is 1. The molecule has 0 radical (unpaired) electrons. The second-order valence-corrected chi connectivity index (χ2v) is 5.24. The molecule has 0 saturated carbocycles.